The number of nitrogens with two attached hydrogens (primary N) is 1. The summed E-state index contributed by atoms with van der Waals surface area (Å²) in [6.45, 7) is 4.33. The smallest absolute Gasteiger partial charge is 0.243 e. The molecule has 0 radical (unpaired) electrons. The lowest BCUT2D eigenvalue weighted by molar-refractivity contribution is -0.118. The van der Waals surface area contributed by atoms with Crippen LogP contribution in [0.4, 0.5) is 0 Å². The number of ketones is 1. The molecule has 7 heteroatoms. The molecule has 0 saturated carbocycles. The van der Waals surface area contributed by atoms with E-state index in [1.165, 1.54) is 31.2 Å². The van der Waals surface area contributed by atoms with Crippen LogP contribution in [0.3, 0.4) is 0 Å². The van der Waals surface area contributed by atoms with Crippen LogP contribution in [-0.4, -0.2) is 37.0 Å². The minimum atomic E-state index is -3.82. The second-order valence-corrected chi connectivity index (χ2v) is 6.58. The summed E-state index contributed by atoms with van der Waals surface area (Å²) in [4.78, 5) is 22.2. The zero-order valence-corrected chi connectivity index (χ0v) is 12.5. The van der Waals surface area contributed by atoms with Crippen LogP contribution in [0.25, 0.3) is 0 Å². The van der Waals surface area contributed by atoms with Crippen molar-refractivity contribution < 1.29 is 18.0 Å². The first-order valence-electron chi connectivity index (χ1n) is 6.07. The number of hydrogen-bond donors (Lipinski definition) is 1. The minimum absolute atomic E-state index is 0.0254. The minimum Gasteiger partial charge on any atom is -0.369 e. The van der Waals surface area contributed by atoms with Crippen molar-refractivity contribution in [2.45, 2.75) is 31.7 Å². The van der Waals surface area contributed by atoms with Crippen LogP contribution < -0.4 is 5.73 Å². The van der Waals surface area contributed by atoms with E-state index in [4.69, 9.17) is 5.73 Å². The molecule has 0 heterocycles. The number of amides is 1. The summed E-state index contributed by atoms with van der Waals surface area (Å²) >= 11 is 0. The molecule has 1 rings (SSSR count). The van der Waals surface area contributed by atoms with Crippen LogP contribution >= 0.6 is 0 Å². The van der Waals surface area contributed by atoms with Gasteiger partial charge in [-0.3, -0.25) is 9.59 Å². The third-order valence-corrected chi connectivity index (χ3v) is 4.79. The van der Waals surface area contributed by atoms with Gasteiger partial charge in [0.05, 0.1) is 11.4 Å². The van der Waals surface area contributed by atoms with Gasteiger partial charge >= 0.3 is 0 Å². The molecule has 0 aliphatic carbocycles. The number of rotatable bonds is 6. The first kappa shape index (κ1) is 16.3. The maximum atomic E-state index is 12.4. The van der Waals surface area contributed by atoms with Crippen LogP contribution in [0, 0.1) is 0 Å². The Morgan fingerprint density at radius 2 is 1.70 bits per heavy atom. The van der Waals surface area contributed by atoms with Gasteiger partial charge in [0.2, 0.25) is 15.9 Å². The highest BCUT2D eigenvalue weighted by Crippen LogP contribution is 2.18. The Kier molecular flexibility index (Phi) is 5.02. The van der Waals surface area contributed by atoms with Crippen LogP contribution in [0.1, 0.15) is 31.1 Å². The van der Waals surface area contributed by atoms with Crippen LogP contribution in [0.15, 0.2) is 29.2 Å². The molecule has 0 unspecified atom stereocenters. The number of benzene rings is 1. The van der Waals surface area contributed by atoms with Crippen molar-refractivity contribution in [3.05, 3.63) is 29.8 Å². The van der Waals surface area contributed by atoms with Gasteiger partial charge in [-0.2, -0.15) is 4.31 Å². The van der Waals surface area contributed by atoms with Crippen molar-refractivity contribution in [2.75, 3.05) is 6.54 Å². The summed E-state index contributed by atoms with van der Waals surface area (Å²) < 4.78 is 25.9. The number of sulfonamides is 1. The average molecular weight is 298 g/mol. The maximum Gasteiger partial charge on any atom is 0.243 e. The van der Waals surface area contributed by atoms with Gasteiger partial charge in [-0.15, -0.1) is 0 Å². The van der Waals surface area contributed by atoms with E-state index in [9.17, 15) is 18.0 Å². The molecular formula is C13H18N2O4S. The molecule has 2 N–H and O–H groups in total. The molecule has 6 nitrogen and oxygen atoms in total. The second kappa shape index (κ2) is 6.15. The fraction of sp³-hybridized carbons (Fsp3) is 0.385. The molecule has 0 bridgehead atoms. The summed E-state index contributed by atoms with van der Waals surface area (Å²) in [5.74, 6) is -0.866. The van der Waals surface area contributed by atoms with Gasteiger partial charge < -0.3 is 5.73 Å². The molecule has 0 saturated heterocycles. The zero-order chi connectivity index (χ0) is 15.5. The molecule has 0 fully saturated rings. The molecule has 0 aromatic heterocycles. The van der Waals surface area contributed by atoms with E-state index in [1.807, 2.05) is 0 Å². The Morgan fingerprint density at radius 3 is 2.05 bits per heavy atom. The zero-order valence-electron chi connectivity index (χ0n) is 11.7. The second-order valence-electron chi connectivity index (χ2n) is 4.69. The summed E-state index contributed by atoms with van der Waals surface area (Å²) in [5, 5.41) is 0. The quantitative estimate of drug-likeness (QED) is 0.784. The molecule has 110 valence electrons. The molecule has 20 heavy (non-hydrogen) atoms. The van der Waals surface area contributed by atoms with Gasteiger partial charge in [-0.25, -0.2) is 8.42 Å². The van der Waals surface area contributed by atoms with E-state index in [0.29, 0.717) is 5.56 Å². The van der Waals surface area contributed by atoms with Gasteiger partial charge in [0.1, 0.15) is 0 Å². The molecule has 1 amide bonds. The maximum absolute atomic E-state index is 12.4. The summed E-state index contributed by atoms with van der Waals surface area (Å²) in [6, 6.07) is 5.18. The first-order chi connectivity index (χ1) is 9.16. The van der Waals surface area contributed by atoms with E-state index in [1.54, 1.807) is 13.8 Å². The normalized spacial score (nSPS) is 11.8. The lowest BCUT2D eigenvalue weighted by atomic mass is 10.2. The van der Waals surface area contributed by atoms with Crippen molar-refractivity contribution in [3.63, 3.8) is 0 Å². The number of hydrogen-bond acceptors (Lipinski definition) is 4. The lowest BCUT2D eigenvalue weighted by Crippen LogP contribution is -2.42. The van der Waals surface area contributed by atoms with E-state index >= 15 is 0 Å². The Bertz CT molecular complexity index is 606. The van der Waals surface area contributed by atoms with Crippen molar-refractivity contribution in [1.82, 2.24) is 4.31 Å². The van der Waals surface area contributed by atoms with Crippen molar-refractivity contribution >= 4 is 21.7 Å². The van der Waals surface area contributed by atoms with Gasteiger partial charge in [0, 0.05) is 11.6 Å². The van der Waals surface area contributed by atoms with E-state index in [0.717, 1.165) is 4.31 Å². The number of Topliss-reactive ketones (excluding diaryl/α,β-unsaturated/α-hetero) is 1. The largest absolute Gasteiger partial charge is 0.369 e. The highest BCUT2D eigenvalue weighted by atomic mass is 32.2. The first-order valence-corrected chi connectivity index (χ1v) is 7.51. The highest BCUT2D eigenvalue weighted by Gasteiger charge is 2.28. The molecule has 1 aromatic carbocycles. The Morgan fingerprint density at radius 1 is 1.20 bits per heavy atom. The Hall–Kier alpha value is -1.73. The third kappa shape index (κ3) is 3.64. The number of primary amides is 1. The predicted molar refractivity (Wildman–Crippen MR) is 74.7 cm³/mol. The highest BCUT2D eigenvalue weighted by molar-refractivity contribution is 7.89. The van der Waals surface area contributed by atoms with Gasteiger partial charge in [-0.1, -0.05) is 12.1 Å². The lowest BCUT2D eigenvalue weighted by Gasteiger charge is -2.24. The average Bonchev–Trinajstić information content (AvgIpc) is 2.35. The van der Waals surface area contributed by atoms with Gasteiger partial charge in [-0.05, 0) is 32.9 Å². The van der Waals surface area contributed by atoms with Crippen molar-refractivity contribution in [2.24, 2.45) is 5.73 Å². The number of carbonyl (C=O) groups is 2. The summed E-state index contributed by atoms with van der Waals surface area (Å²) in [7, 11) is -3.82. The topological polar surface area (TPSA) is 97.5 Å². The van der Waals surface area contributed by atoms with E-state index in [2.05, 4.69) is 0 Å². The van der Waals surface area contributed by atoms with Crippen molar-refractivity contribution in [3.8, 4) is 0 Å². The molecule has 0 atom stereocenters. The fourth-order valence-corrected chi connectivity index (χ4v) is 3.30. The molecule has 0 aliphatic heterocycles. The monoisotopic (exact) mass is 298 g/mol. The third-order valence-electron chi connectivity index (χ3n) is 2.76. The standard InChI is InChI=1S/C13H18N2O4S/c1-9(2)15(8-13(14)17)20(18,19)12-6-4-11(5-7-12)10(3)16/h4-7,9H,8H2,1-3H3,(H2,14,17). The van der Waals surface area contributed by atoms with Gasteiger partial charge in [0.15, 0.2) is 5.78 Å². The molecule has 1 aromatic rings. The summed E-state index contributed by atoms with van der Waals surface area (Å²) in [6.07, 6.45) is 0. The predicted octanol–water partition coefficient (Wildman–Crippen LogP) is 0.774. The van der Waals surface area contributed by atoms with Gasteiger partial charge in [0.25, 0.3) is 0 Å². The van der Waals surface area contributed by atoms with E-state index < -0.39 is 22.0 Å². The molecule has 0 aliphatic rings. The molecular weight excluding hydrogens is 280 g/mol. The summed E-state index contributed by atoms with van der Waals surface area (Å²) in [5.41, 5.74) is 5.51. The van der Waals surface area contributed by atoms with E-state index in [-0.39, 0.29) is 17.2 Å². The SMILES string of the molecule is CC(=O)c1ccc(S(=O)(=O)N(CC(N)=O)C(C)C)cc1. The van der Waals surface area contributed by atoms with Crippen LogP contribution in [0.5, 0.6) is 0 Å². The van der Waals surface area contributed by atoms with Crippen LogP contribution in [-0.2, 0) is 14.8 Å². The Balaban J connectivity index is 3.19. The van der Waals surface area contributed by atoms with Crippen LogP contribution in [0.2, 0.25) is 0 Å². The fourth-order valence-electron chi connectivity index (χ4n) is 1.70. The van der Waals surface area contributed by atoms with Crippen molar-refractivity contribution in [1.29, 1.82) is 0 Å². The number of nitrogens with zero attached hydrogens (tertiary/aromatic N) is 1. The number of carbonyl (C=O) groups excluding carboxylic acids is 2. The molecule has 0 spiro atoms. The Labute approximate surface area is 118 Å².